The first-order chi connectivity index (χ1) is 9.58. The zero-order chi connectivity index (χ0) is 14.7. The SMILES string of the molecule is CCOc1ccc(-c2nn(C)c(N)c2C)cc1OCC. The van der Waals surface area contributed by atoms with Gasteiger partial charge in [-0.05, 0) is 39.0 Å². The molecule has 2 N–H and O–H groups in total. The van der Waals surface area contributed by atoms with Crippen molar-refractivity contribution in [3.05, 3.63) is 23.8 Å². The van der Waals surface area contributed by atoms with Crippen molar-refractivity contribution in [3.63, 3.8) is 0 Å². The molecule has 108 valence electrons. The molecule has 0 aliphatic carbocycles. The molecule has 5 heteroatoms. The number of aromatic nitrogens is 2. The molecular weight excluding hydrogens is 254 g/mol. The Balaban J connectivity index is 2.47. The lowest BCUT2D eigenvalue weighted by Crippen LogP contribution is -1.99. The molecule has 1 aromatic carbocycles. The maximum atomic E-state index is 5.96. The van der Waals surface area contributed by atoms with Crippen molar-refractivity contribution < 1.29 is 9.47 Å². The van der Waals surface area contributed by atoms with E-state index >= 15 is 0 Å². The predicted molar refractivity (Wildman–Crippen MR) is 80.1 cm³/mol. The van der Waals surface area contributed by atoms with Gasteiger partial charge in [-0.25, -0.2) is 0 Å². The topological polar surface area (TPSA) is 62.3 Å². The van der Waals surface area contributed by atoms with Crippen molar-refractivity contribution in [2.45, 2.75) is 20.8 Å². The third-order valence-electron chi connectivity index (χ3n) is 3.15. The van der Waals surface area contributed by atoms with Gasteiger partial charge in [-0.3, -0.25) is 4.68 Å². The van der Waals surface area contributed by atoms with E-state index < -0.39 is 0 Å². The molecule has 0 amide bonds. The van der Waals surface area contributed by atoms with Gasteiger partial charge < -0.3 is 15.2 Å². The fraction of sp³-hybridized carbons (Fsp3) is 0.400. The van der Waals surface area contributed by atoms with Gasteiger partial charge in [0.15, 0.2) is 11.5 Å². The summed E-state index contributed by atoms with van der Waals surface area (Å²) in [6.45, 7) is 7.07. The van der Waals surface area contributed by atoms with Crippen molar-refractivity contribution in [1.29, 1.82) is 0 Å². The molecule has 0 saturated heterocycles. The van der Waals surface area contributed by atoms with Crippen LogP contribution < -0.4 is 15.2 Å². The number of nitrogen functional groups attached to an aromatic ring is 1. The van der Waals surface area contributed by atoms with Gasteiger partial charge in [0.25, 0.3) is 0 Å². The fourth-order valence-corrected chi connectivity index (χ4v) is 2.12. The smallest absolute Gasteiger partial charge is 0.161 e. The van der Waals surface area contributed by atoms with E-state index in [9.17, 15) is 0 Å². The van der Waals surface area contributed by atoms with E-state index in [2.05, 4.69) is 5.10 Å². The van der Waals surface area contributed by atoms with E-state index in [0.717, 1.165) is 28.3 Å². The van der Waals surface area contributed by atoms with Gasteiger partial charge in [0, 0.05) is 18.2 Å². The maximum absolute atomic E-state index is 5.96. The Bertz CT molecular complexity index is 605. The molecule has 0 aliphatic heterocycles. The second kappa shape index (κ2) is 5.86. The molecule has 0 saturated carbocycles. The number of anilines is 1. The molecule has 5 nitrogen and oxygen atoms in total. The quantitative estimate of drug-likeness (QED) is 0.911. The lowest BCUT2D eigenvalue weighted by atomic mass is 10.1. The van der Waals surface area contributed by atoms with Crippen LogP contribution in [0.5, 0.6) is 11.5 Å². The molecule has 0 bridgehead atoms. The highest BCUT2D eigenvalue weighted by Gasteiger charge is 2.14. The standard InChI is InChI=1S/C15H21N3O2/c1-5-19-12-8-7-11(9-13(12)20-6-2)14-10(3)15(16)18(4)17-14/h7-9H,5-6,16H2,1-4H3. The normalized spacial score (nSPS) is 10.6. The summed E-state index contributed by atoms with van der Waals surface area (Å²) in [6.07, 6.45) is 0. The Hall–Kier alpha value is -2.17. The van der Waals surface area contributed by atoms with Crippen LogP contribution in [0, 0.1) is 6.92 Å². The summed E-state index contributed by atoms with van der Waals surface area (Å²) in [5.74, 6) is 2.15. The third-order valence-corrected chi connectivity index (χ3v) is 3.15. The second-order valence-corrected chi connectivity index (χ2v) is 4.51. The average Bonchev–Trinajstić information content (AvgIpc) is 2.69. The van der Waals surface area contributed by atoms with Crippen LogP contribution >= 0.6 is 0 Å². The number of hydrogen-bond donors (Lipinski definition) is 1. The van der Waals surface area contributed by atoms with Crippen LogP contribution in [0.3, 0.4) is 0 Å². The third kappa shape index (κ3) is 2.57. The Kier molecular flexibility index (Phi) is 4.17. The number of hydrogen-bond acceptors (Lipinski definition) is 4. The van der Waals surface area contributed by atoms with Crippen molar-refractivity contribution >= 4 is 5.82 Å². The summed E-state index contributed by atoms with van der Waals surface area (Å²) in [6, 6.07) is 5.83. The van der Waals surface area contributed by atoms with Crippen molar-refractivity contribution in [3.8, 4) is 22.8 Å². The van der Waals surface area contributed by atoms with E-state index in [1.165, 1.54) is 0 Å². The zero-order valence-corrected chi connectivity index (χ0v) is 12.4. The number of rotatable bonds is 5. The molecule has 0 unspecified atom stereocenters. The largest absolute Gasteiger partial charge is 0.490 e. The van der Waals surface area contributed by atoms with Gasteiger partial charge in [-0.15, -0.1) is 0 Å². The van der Waals surface area contributed by atoms with Gasteiger partial charge in [0.2, 0.25) is 0 Å². The van der Waals surface area contributed by atoms with E-state index in [0.29, 0.717) is 19.0 Å². The molecule has 0 aliphatic rings. The lowest BCUT2D eigenvalue weighted by Gasteiger charge is -2.12. The highest BCUT2D eigenvalue weighted by molar-refractivity contribution is 5.70. The molecule has 20 heavy (non-hydrogen) atoms. The predicted octanol–water partition coefficient (Wildman–Crippen LogP) is 2.78. The molecule has 2 rings (SSSR count). The summed E-state index contributed by atoms with van der Waals surface area (Å²) in [5.41, 5.74) is 8.77. The zero-order valence-electron chi connectivity index (χ0n) is 12.4. The van der Waals surface area contributed by atoms with Gasteiger partial charge in [0.1, 0.15) is 5.82 Å². The van der Waals surface area contributed by atoms with Crippen LogP contribution in [0.1, 0.15) is 19.4 Å². The molecular formula is C15H21N3O2. The van der Waals surface area contributed by atoms with Crippen molar-refractivity contribution in [1.82, 2.24) is 9.78 Å². The first-order valence-corrected chi connectivity index (χ1v) is 6.77. The molecule has 2 aromatic rings. The molecule has 0 radical (unpaired) electrons. The Labute approximate surface area is 119 Å². The van der Waals surface area contributed by atoms with Gasteiger partial charge in [0.05, 0.1) is 18.9 Å². The summed E-state index contributed by atoms with van der Waals surface area (Å²) < 4.78 is 12.9. The number of nitrogens with two attached hydrogens (primary N) is 1. The number of benzene rings is 1. The summed E-state index contributed by atoms with van der Waals surface area (Å²) >= 11 is 0. The van der Waals surface area contributed by atoms with Crippen LogP contribution in [-0.2, 0) is 7.05 Å². The van der Waals surface area contributed by atoms with E-state index in [-0.39, 0.29) is 0 Å². The van der Waals surface area contributed by atoms with E-state index in [1.54, 1.807) is 4.68 Å². The first-order valence-electron chi connectivity index (χ1n) is 6.77. The number of aryl methyl sites for hydroxylation is 1. The Morgan fingerprint density at radius 1 is 1.15 bits per heavy atom. The molecule has 0 atom stereocenters. The minimum absolute atomic E-state index is 0.590. The molecule has 1 aromatic heterocycles. The fourth-order valence-electron chi connectivity index (χ4n) is 2.12. The first kappa shape index (κ1) is 14.2. The van der Waals surface area contributed by atoms with Crippen LogP contribution in [-0.4, -0.2) is 23.0 Å². The summed E-state index contributed by atoms with van der Waals surface area (Å²) in [4.78, 5) is 0. The summed E-state index contributed by atoms with van der Waals surface area (Å²) in [5, 5.41) is 4.45. The molecule has 1 heterocycles. The van der Waals surface area contributed by atoms with Crippen LogP contribution in [0.25, 0.3) is 11.3 Å². The van der Waals surface area contributed by atoms with Crippen LogP contribution in [0.2, 0.25) is 0 Å². The highest BCUT2D eigenvalue weighted by Crippen LogP contribution is 2.34. The minimum Gasteiger partial charge on any atom is -0.490 e. The Morgan fingerprint density at radius 3 is 2.35 bits per heavy atom. The maximum Gasteiger partial charge on any atom is 0.161 e. The number of ether oxygens (including phenoxy) is 2. The minimum atomic E-state index is 0.590. The Morgan fingerprint density at radius 2 is 1.80 bits per heavy atom. The van der Waals surface area contributed by atoms with Gasteiger partial charge in [-0.1, -0.05) is 0 Å². The molecule has 0 spiro atoms. The monoisotopic (exact) mass is 275 g/mol. The van der Waals surface area contributed by atoms with Crippen LogP contribution in [0.15, 0.2) is 18.2 Å². The number of nitrogens with zero attached hydrogens (tertiary/aromatic N) is 2. The van der Waals surface area contributed by atoms with Crippen LogP contribution in [0.4, 0.5) is 5.82 Å². The van der Waals surface area contributed by atoms with Gasteiger partial charge >= 0.3 is 0 Å². The van der Waals surface area contributed by atoms with E-state index in [1.807, 2.05) is 46.0 Å². The lowest BCUT2D eigenvalue weighted by molar-refractivity contribution is 0.288. The summed E-state index contributed by atoms with van der Waals surface area (Å²) in [7, 11) is 1.84. The molecule has 0 fully saturated rings. The average molecular weight is 275 g/mol. The second-order valence-electron chi connectivity index (χ2n) is 4.51. The highest BCUT2D eigenvalue weighted by atomic mass is 16.5. The van der Waals surface area contributed by atoms with Crippen molar-refractivity contribution in [2.75, 3.05) is 18.9 Å². The van der Waals surface area contributed by atoms with E-state index in [4.69, 9.17) is 15.2 Å². The van der Waals surface area contributed by atoms with Gasteiger partial charge in [-0.2, -0.15) is 5.10 Å². The van der Waals surface area contributed by atoms with Crippen molar-refractivity contribution in [2.24, 2.45) is 7.05 Å².